The van der Waals surface area contributed by atoms with Crippen molar-refractivity contribution >= 4 is 26.6 Å². The van der Waals surface area contributed by atoms with Crippen molar-refractivity contribution in [1.82, 2.24) is 0 Å². The van der Waals surface area contributed by atoms with Gasteiger partial charge in [-0.05, 0) is 0 Å². The van der Waals surface area contributed by atoms with E-state index in [-0.39, 0.29) is 0 Å². The third-order valence-corrected chi connectivity index (χ3v) is 15.7. The van der Waals surface area contributed by atoms with Gasteiger partial charge in [0.1, 0.15) is 0 Å². The van der Waals surface area contributed by atoms with Gasteiger partial charge in [0.15, 0.2) is 0 Å². The third kappa shape index (κ3) is 3.51. The minimum atomic E-state index is -2.89. The van der Waals surface area contributed by atoms with Crippen molar-refractivity contribution in [2.24, 2.45) is 0 Å². The van der Waals surface area contributed by atoms with Gasteiger partial charge >= 0.3 is 165 Å². The Labute approximate surface area is 165 Å². The van der Waals surface area contributed by atoms with Crippen molar-refractivity contribution in [2.75, 3.05) is 0 Å². The molecule has 0 saturated heterocycles. The molecule has 0 aliphatic carbocycles. The van der Waals surface area contributed by atoms with Crippen LogP contribution in [0.15, 0.2) is 115 Å². The Hall–Kier alpha value is -2.56. The second-order valence-electron chi connectivity index (χ2n) is 7.11. The van der Waals surface area contributed by atoms with E-state index in [0.29, 0.717) is 0 Å². The molecule has 4 rings (SSSR count). The molecule has 4 aromatic carbocycles. The topological polar surface area (TPSA) is 0 Å². The molecule has 27 heavy (non-hydrogen) atoms. The maximum atomic E-state index is 2.35. The number of rotatable bonds is 5. The first-order valence-electron chi connectivity index (χ1n) is 9.52. The van der Waals surface area contributed by atoms with E-state index in [2.05, 4.69) is 122 Å². The summed E-state index contributed by atoms with van der Waals surface area (Å²) in [6.07, 6.45) is 0. The van der Waals surface area contributed by atoms with Crippen LogP contribution in [0.5, 0.6) is 0 Å². The third-order valence-electron chi connectivity index (χ3n) is 5.52. The molecule has 0 heterocycles. The number of hydrogen-bond acceptors (Lipinski definition) is 0. The monoisotopic (exact) mass is 412 g/mol. The van der Waals surface area contributed by atoms with E-state index in [1.54, 1.807) is 0 Å². The van der Waals surface area contributed by atoms with Crippen molar-refractivity contribution in [3.05, 3.63) is 126 Å². The van der Waals surface area contributed by atoms with E-state index in [4.69, 9.17) is 0 Å². The van der Waals surface area contributed by atoms with Gasteiger partial charge in [-0.25, -0.2) is 0 Å². The first-order chi connectivity index (χ1) is 13.3. The van der Waals surface area contributed by atoms with Crippen LogP contribution in [0.2, 0.25) is 0 Å². The second kappa shape index (κ2) is 7.99. The van der Waals surface area contributed by atoms with Gasteiger partial charge in [-0.3, -0.25) is 0 Å². The van der Waals surface area contributed by atoms with Gasteiger partial charge < -0.3 is 0 Å². The molecule has 0 spiro atoms. The van der Waals surface area contributed by atoms with E-state index >= 15 is 0 Å². The Morgan fingerprint density at radius 1 is 0.481 bits per heavy atom. The van der Waals surface area contributed by atoms with Gasteiger partial charge in [-0.15, -0.1) is 0 Å². The summed E-state index contributed by atoms with van der Waals surface area (Å²) in [5.74, 6) is 0. The van der Waals surface area contributed by atoms with Crippen molar-refractivity contribution in [3.8, 4) is 0 Å². The van der Waals surface area contributed by atoms with Crippen molar-refractivity contribution in [1.29, 1.82) is 0 Å². The molecular formula is C26H25As. The first kappa shape index (κ1) is 17.8. The number of aryl methyl sites for hydroxylation is 1. The predicted molar refractivity (Wildman–Crippen MR) is 120 cm³/mol. The Kier molecular flexibility index (Phi) is 5.28. The summed E-state index contributed by atoms with van der Waals surface area (Å²) in [6, 6.07) is 42.5. The molecule has 4 aromatic rings. The van der Waals surface area contributed by atoms with E-state index in [9.17, 15) is 0 Å². The summed E-state index contributed by atoms with van der Waals surface area (Å²) in [4.78, 5) is 0. The maximum absolute atomic E-state index is 2.89. The summed E-state index contributed by atoms with van der Waals surface area (Å²) < 4.78 is 4.54. The summed E-state index contributed by atoms with van der Waals surface area (Å²) in [5, 5.41) is 1.12. The number of hydrogen-bond donors (Lipinski definition) is 0. The Morgan fingerprint density at radius 2 is 0.852 bits per heavy atom. The molecule has 0 fully saturated rings. The normalized spacial score (nSPS) is 11.9. The van der Waals surface area contributed by atoms with Crippen LogP contribution in [0.1, 0.15) is 11.1 Å². The standard InChI is InChI=1S/C26H25As/c1-22-13-11-12-14-23(22)21-27(24-15-5-2-6-16-24,25-17-7-3-8-18-25)26-19-9-4-10-20-26/h2-20,27H,21H2,1H3. The van der Waals surface area contributed by atoms with Crippen LogP contribution in [-0.2, 0) is 5.21 Å². The Balaban J connectivity index is 2.02. The summed E-state index contributed by atoms with van der Waals surface area (Å²) in [5.41, 5.74) is 2.85. The van der Waals surface area contributed by atoms with Crippen molar-refractivity contribution in [2.45, 2.75) is 12.1 Å². The van der Waals surface area contributed by atoms with Gasteiger partial charge in [-0.2, -0.15) is 0 Å². The fourth-order valence-electron chi connectivity index (χ4n) is 4.07. The molecule has 0 aliphatic heterocycles. The molecule has 0 aliphatic rings. The zero-order valence-corrected chi connectivity index (χ0v) is 17.8. The van der Waals surface area contributed by atoms with Crippen LogP contribution in [0, 0.1) is 6.92 Å². The molecule has 0 N–H and O–H groups in total. The van der Waals surface area contributed by atoms with Gasteiger partial charge in [0.2, 0.25) is 0 Å². The molecule has 0 radical (unpaired) electrons. The fraction of sp³-hybridized carbons (Fsp3) is 0.0769. The Morgan fingerprint density at radius 3 is 1.26 bits per heavy atom. The molecule has 0 aromatic heterocycles. The second-order valence-corrected chi connectivity index (χ2v) is 15.3. The molecule has 1 heteroatoms. The van der Waals surface area contributed by atoms with Crippen LogP contribution < -0.4 is 13.1 Å². The van der Waals surface area contributed by atoms with Crippen molar-refractivity contribution in [3.63, 3.8) is 0 Å². The quantitative estimate of drug-likeness (QED) is 0.435. The SMILES string of the molecule is Cc1ccccc1C[AsH](c1ccccc1)(c1ccccc1)c1ccccc1. The summed E-state index contributed by atoms with van der Waals surface area (Å²) in [7, 11) is 0. The molecule has 0 bridgehead atoms. The first-order valence-corrected chi connectivity index (χ1v) is 14.1. The molecule has 134 valence electrons. The van der Waals surface area contributed by atoms with Crippen LogP contribution in [0.3, 0.4) is 0 Å². The average Bonchev–Trinajstić information content (AvgIpc) is 2.75. The van der Waals surface area contributed by atoms with E-state index in [0.717, 1.165) is 5.21 Å². The van der Waals surface area contributed by atoms with E-state index < -0.39 is 13.6 Å². The molecule has 0 saturated carbocycles. The zero-order valence-electron chi connectivity index (χ0n) is 15.7. The summed E-state index contributed by atoms with van der Waals surface area (Å²) in [6.45, 7) is 2.24. The van der Waals surface area contributed by atoms with Gasteiger partial charge in [-0.1, -0.05) is 0 Å². The van der Waals surface area contributed by atoms with Gasteiger partial charge in [0, 0.05) is 0 Å². The zero-order chi connectivity index (χ0) is 18.5. The molecule has 0 unspecified atom stereocenters. The number of benzene rings is 4. The molecular weight excluding hydrogens is 387 g/mol. The Bertz CT molecular complexity index is 895. The predicted octanol–water partition coefficient (Wildman–Crippen LogP) is 3.98. The fourth-order valence-corrected chi connectivity index (χ4v) is 14.3. The van der Waals surface area contributed by atoms with Crippen LogP contribution in [-0.4, -0.2) is 13.6 Å². The van der Waals surface area contributed by atoms with Gasteiger partial charge in [0.05, 0.1) is 0 Å². The molecule has 0 amide bonds. The van der Waals surface area contributed by atoms with E-state index in [1.165, 1.54) is 24.2 Å². The average molecular weight is 412 g/mol. The summed E-state index contributed by atoms with van der Waals surface area (Å²) >= 11 is -2.89. The van der Waals surface area contributed by atoms with Crippen LogP contribution in [0.25, 0.3) is 0 Å². The van der Waals surface area contributed by atoms with E-state index in [1.807, 2.05) is 0 Å². The van der Waals surface area contributed by atoms with Gasteiger partial charge in [0.25, 0.3) is 0 Å². The minimum absolute atomic E-state index is 1.12. The molecule has 0 nitrogen and oxygen atoms in total. The van der Waals surface area contributed by atoms with Crippen molar-refractivity contribution < 1.29 is 0 Å². The van der Waals surface area contributed by atoms with Crippen LogP contribution >= 0.6 is 0 Å². The van der Waals surface area contributed by atoms with Crippen LogP contribution in [0.4, 0.5) is 0 Å². The molecule has 0 atom stereocenters.